The van der Waals surface area contributed by atoms with Crippen LogP contribution in [0.5, 0.6) is 11.8 Å². The number of fused-ring (bicyclic) bond motifs is 1. The van der Waals surface area contributed by atoms with Crippen LogP contribution in [-0.2, 0) is 6.54 Å². The van der Waals surface area contributed by atoms with Crippen LogP contribution >= 0.6 is 0 Å². The number of imidazole rings is 1. The predicted molar refractivity (Wildman–Crippen MR) is 95.4 cm³/mol. The minimum absolute atomic E-state index is 0.0777. The number of aromatic nitrogens is 4. The summed E-state index contributed by atoms with van der Waals surface area (Å²) in [5.74, 6) is -1.70. The fourth-order valence-corrected chi connectivity index (χ4v) is 2.91. The van der Waals surface area contributed by atoms with E-state index >= 15 is 0 Å². The number of halogens is 2. The Morgan fingerprint density at radius 2 is 2.14 bits per heavy atom. The van der Waals surface area contributed by atoms with Crippen LogP contribution in [0.1, 0.15) is 13.3 Å². The highest BCUT2D eigenvalue weighted by molar-refractivity contribution is 5.58. The molecule has 0 spiro atoms. The molecule has 0 aliphatic carbocycles. The van der Waals surface area contributed by atoms with Gasteiger partial charge < -0.3 is 19.6 Å². The second kappa shape index (κ2) is 7.08. The van der Waals surface area contributed by atoms with E-state index in [0.29, 0.717) is 18.7 Å². The van der Waals surface area contributed by atoms with Gasteiger partial charge in [0.1, 0.15) is 24.2 Å². The fraction of sp³-hybridized carbons (Fsp3) is 0.278. The van der Waals surface area contributed by atoms with Gasteiger partial charge in [-0.15, -0.1) is 0 Å². The van der Waals surface area contributed by atoms with E-state index in [2.05, 4.69) is 15.0 Å². The molecule has 0 fully saturated rings. The summed E-state index contributed by atoms with van der Waals surface area (Å²) in [6.45, 7) is 2.48. The highest BCUT2D eigenvalue weighted by Crippen LogP contribution is 2.30. The Balaban J connectivity index is 1.43. The number of hydrogen-bond donors (Lipinski definition) is 0. The minimum Gasteiger partial charge on any atom is -0.488 e. The molecule has 3 aromatic rings. The Bertz CT molecular complexity index is 1070. The Morgan fingerprint density at radius 1 is 1.31 bits per heavy atom. The number of nitro groups is 1. The number of rotatable bonds is 5. The molecule has 0 saturated carbocycles. The molecule has 0 saturated heterocycles. The molecule has 1 aliphatic heterocycles. The first-order chi connectivity index (χ1) is 13.8. The van der Waals surface area contributed by atoms with Gasteiger partial charge in [-0.3, -0.25) is 9.55 Å². The molecule has 0 amide bonds. The monoisotopic (exact) mass is 403 g/mol. The highest BCUT2D eigenvalue weighted by atomic mass is 19.1. The third-order valence-electron chi connectivity index (χ3n) is 4.50. The van der Waals surface area contributed by atoms with Gasteiger partial charge in [-0.05, 0) is 36.1 Å². The van der Waals surface area contributed by atoms with Gasteiger partial charge >= 0.3 is 11.8 Å². The topological polar surface area (TPSA) is 105 Å². The zero-order valence-electron chi connectivity index (χ0n) is 15.2. The molecule has 29 heavy (non-hydrogen) atoms. The first kappa shape index (κ1) is 18.7. The van der Waals surface area contributed by atoms with Crippen LogP contribution in [0.3, 0.4) is 0 Å². The highest BCUT2D eigenvalue weighted by Gasteiger charge is 2.37. The summed E-state index contributed by atoms with van der Waals surface area (Å²) >= 11 is 0. The van der Waals surface area contributed by atoms with Crippen LogP contribution in [0.25, 0.3) is 11.3 Å². The van der Waals surface area contributed by atoms with Crippen LogP contribution < -0.4 is 9.47 Å². The molecule has 9 nitrogen and oxygen atoms in total. The van der Waals surface area contributed by atoms with Gasteiger partial charge in [-0.2, -0.15) is 13.8 Å². The Hall–Kier alpha value is -3.63. The van der Waals surface area contributed by atoms with E-state index in [1.165, 1.54) is 24.5 Å². The molecule has 0 aromatic carbocycles. The summed E-state index contributed by atoms with van der Waals surface area (Å²) in [6.07, 6.45) is 3.31. The summed E-state index contributed by atoms with van der Waals surface area (Å²) in [5, 5.41) is 10.9. The van der Waals surface area contributed by atoms with Gasteiger partial charge in [-0.1, -0.05) is 0 Å². The van der Waals surface area contributed by atoms with E-state index in [4.69, 9.17) is 9.47 Å². The maximum Gasteiger partial charge on any atom is 0.414 e. The standard InChI is InChI=1S/C18H15F2N5O4/c1-18(6-7-24-9-15(25(26)27)23-17(24)29-18)10-28-11-2-4-13(21-8-11)12-3-5-14(19)22-16(12)20/h2-5,8-9H,6-7,10H2,1H3. The number of hydrogen-bond acceptors (Lipinski definition) is 7. The van der Waals surface area contributed by atoms with Crippen LogP contribution in [0, 0.1) is 22.0 Å². The van der Waals surface area contributed by atoms with Gasteiger partial charge in [0.05, 0.1) is 17.5 Å². The summed E-state index contributed by atoms with van der Waals surface area (Å²) in [5.41, 5.74) is -0.369. The zero-order valence-corrected chi connectivity index (χ0v) is 15.2. The van der Waals surface area contributed by atoms with Crippen molar-refractivity contribution in [2.45, 2.75) is 25.5 Å². The number of aryl methyl sites for hydroxylation is 1. The first-order valence-corrected chi connectivity index (χ1v) is 8.65. The molecule has 11 heteroatoms. The van der Waals surface area contributed by atoms with Crippen LogP contribution in [-0.4, -0.2) is 36.7 Å². The SMILES string of the molecule is CC1(COc2ccc(-c3ccc(F)nc3F)nc2)CCn2cc([N+](=O)[O-])nc2O1. The normalized spacial score (nSPS) is 18.0. The lowest BCUT2D eigenvalue weighted by molar-refractivity contribution is -0.389. The molecule has 0 bridgehead atoms. The molecular weight excluding hydrogens is 388 g/mol. The quantitative estimate of drug-likeness (QED) is 0.366. The van der Waals surface area contributed by atoms with Crippen LogP contribution in [0.4, 0.5) is 14.6 Å². The molecule has 1 aliphatic rings. The van der Waals surface area contributed by atoms with Gasteiger partial charge in [0.15, 0.2) is 0 Å². The fourth-order valence-electron chi connectivity index (χ4n) is 2.91. The van der Waals surface area contributed by atoms with Crippen molar-refractivity contribution < 1.29 is 23.2 Å². The Morgan fingerprint density at radius 3 is 2.83 bits per heavy atom. The van der Waals surface area contributed by atoms with Crippen LogP contribution in [0.2, 0.25) is 0 Å². The third kappa shape index (κ3) is 3.84. The van der Waals surface area contributed by atoms with Gasteiger partial charge in [0, 0.05) is 17.9 Å². The Labute approximate surface area is 163 Å². The van der Waals surface area contributed by atoms with E-state index in [1.54, 1.807) is 10.6 Å². The average Bonchev–Trinajstić information content (AvgIpc) is 3.10. The maximum absolute atomic E-state index is 13.8. The van der Waals surface area contributed by atoms with Gasteiger partial charge in [-0.25, -0.2) is 0 Å². The minimum atomic E-state index is -0.945. The first-order valence-electron chi connectivity index (χ1n) is 8.65. The van der Waals surface area contributed by atoms with Crippen LogP contribution in [0.15, 0.2) is 36.7 Å². The van der Waals surface area contributed by atoms with Gasteiger partial charge in [0.2, 0.25) is 11.9 Å². The molecule has 150 valence electrons. The smallest absolute Gasteiger partial charge is 0.414 e. The lowest BCUT2D eigenvalue weighted by atomic mass is 10.0. The van der Waals surface area contributed by atoms with E-state index in [9.17, 15) is 18.9 Å². The predicted octanol–water partition coefficient (Wildman–Crippen LogP) is 3.15. The van der Waals surface area contributed by atoms with E-state index in [-0.39, 0.29) is 29.7 Å². The van der Waals surface area contributed by atoms with Crippen molar-refractivity contribution in [2.24, 2.45) is 0 Å². The van der Waals surface area contributed by atoms with Crippen molar-refractivity contribution in [1.82, 2.24) is 19.5 Å². The summed E-state index contributed by atoms with van der Waals surface area (Å²) < 4.78 is 39.8. The maximum atomic E-state index is 13.8. The number of pyridine rings is 2. The molecule has 4 heterocycles. The molecule has 3 aromatic heterocycles. The van der Waals surface area contributed by atoms with Crippen molar-refractivity contribution in [3.8, 4) is 23.0 Å². The molecule has 4 rings (SSSR count). The summed E-state index contributed by atoms with van der Waals surface area (Å²) in [7, 11) is 0. The van der Waals surface area contributed by atoms with Crippen molar-refractivity contribution in [3.63, 3.8) is 0 Å². The average molecular weight is 403 g/mol. The zero-order chi connectivity index (χ0) is 20.6. The summed E-state index contributed by atoms with van der Waals surface area (Å²) in [4.78, 5) is 21.4. The lowest BCUT2D eigenvalue weighted by Gasteiger charge is -2.32. The molecule has 0 N–H and O–H groups in total. The van der Waals surface area contributed by atoms with E-state index < -0.39 is 22.4 Å². The Kier molecular flexibility index (Phi) is 4.57. The second-order valence-corrected chi connectivity index (χ2v) is 6.77. The molecule has 1 unspecified atom stereocenters. The largest absolute Gasteiger partial charge is 0.488 e. The van der Waals surface area contributed by atoms with Crippen molar-refractivity contribution in [3.05, 3.63) is 58.7 Å². The van der Waals surface area contributed by atoms with Gasteiger partial charge in [0.25, 0.3) is 0 Å². The van der Waals surface area contributed by atoms with Crippen molar-refractivity contribution >= 4 is 5.82 Å². The summed E-state index contributed by atoms with van der Waals surface area (Å²) in [6, 6.07) is 5.62. The second-order valence-electron chi connectivity index (χ2n) is 6.77. The van der Waals surface area contributed by atoms with Crippen molar-refractivity contribution in [2.75, 3.05) is 6.61 Å². The number of nitrogens with zero attached hydrogens (tertiary/aromatic N) is 5. The third-order valence-corrected chi connectivity index (χ3v) is 4.50. The molecule has 1 atom stereocenters. The van der Waals surface area contributed by atoms with E-state index in [1.807, 2.05) is 6.92 Å². The lowest BCUT2D eigenvalue weighted by Crippen LogP contribution is -2.43. The molecule has 0 radical (unpaired) electrons. The van der Waals surface area contributed by atoms with Crippen molar-refractivity contribution in [1.29, 1.82) is 0 Å². The molecular formula is C18H15F2N5O4. The number of ether oxygens (including phenoxy) is 2. The van der Waals surface area contributed by atoms with E-state index in [0.717, 1.165) is 6.07 Å².